The highest BCUT2D eigenvalue weighted by atomic mass is 16.5. The first-order valence-electron chi connectivity index (χ1n) is 9.60. The number of methoxy groups -OCH3 is 1. The van der Waals surface area contributed by atoms with E-state index >= 15 is 0 Å². The van der Waals surface area contributed by atoms with Crippen LogP contribution < -0.4 is 20.1 Å². The van der Waals surface area contributed by atoms with Crippen LogP contribution in [0.4, 0.5) is 11.6 Å². The first kappa shape index (κ1) is 20.1. The summed E-state index contributed by atoms with van der Waals surface area (Å²) in [6.45, 7) is 2.01. The van der Waals surface area contributed by atoms with E-state index in [4.69, 9.17) is 9.47 Å². The van der Waals surface area contributed by atoms with Gasteiger partial charge in [-0.3, -0.25) is 9.78 Å². The zero-order valence-corrected chi connectivity index (χ0v) is 17.3. The zero-order chi connectivity index (χ0) is 21.8. The van der Waals surface area contributed by atoms with Crippen molar-refractivity contribution in [2.24, 2.45) is 0 Å². The number of benzene rings is 2. The maximum atomic E-state index is 11.8. The number of ether oxygens (including phenoxy) is 2. The molecule has 0 spiro atoms. The minimum absolute atomic E-state index is 0.275. The Bertz CT molecular complexity index is 1260. The highest BCUT2D eigenvalue weighted by Gasteiger charge is 2.09. The molecule has 0 atom stereocenters. The van der Waals surface area contributed by atoms with Crippen LogP contribution in [0.1, 0.15) is 16.1 Å². The SMILES string of the molecule is CNC(=O)c1cc(Oc2ccc3nc(Nc4cc(C)ccc4OC)ncc3c2)ccn1. The molecule has 0 fully saturated rings. The van der Waals surface area contributed by atoms with E-state index in [1.807, 2.05) is 43.3 Å². The van der Waals surface area contributed by atoms with Crippen molar-refractivity contribution in [2.45, 2.75) is 6.92 Å². The van der Waals surface area contributed by atoms with Crippen LogP contribution in [0.5, 0.6) is 17.2 Å². The lowest BCUT2D eigenvalue weighted by Gasteiger charge is -2.11. The third-order valence-corrected chi connectivity index (χ3v) is 4.58. The summed E-state index contributed by atoms with van der Waals surface area (Å²) in [7, 11) is 3.18. The number of pyridine rings is 1. The van der Waals surface area contributed by atoms with Crippen molar-refractivity contribution >= 4 is 28.4 Å². The minimum Gasteiger partial charge on any atom is -0.495 e. The third kappa shape index (κ3) is 4.53. The molecule has 4 rings (SSSR count). The maximum Gasteiger partial charge on any atom is 0.269 e. The highest BCUT2D eigenvalue weighted by Crippen LogP contribution is 2.29. The summed E-state index contributed by atoms with van der Waals surface area (Å²) >= 11 is 0. The van der Waals surface area contributed by atoms with Gasteiger partial charge in [-0.05, 0) is 48.9 Å². The summed E-state index contributed by atoms with van der Waals surface area (Å²) in [6, 6.07) is 14.6. The van der Waals surface area contributed by atoms with Crippen LogP contribution in [-0.2, 0) is 0 Å². The summed E-state index contributed by atoms with van der Waals surface area (Å²) in [6.07, 6.45) is 3.25. The smallest absolute Gasteiger partial charge is 0.269 e. The van der Waals surface area contributed by atoms with Gasteiger partial charge in [-0.15, -0.1) is 0 Å². The first-order chi connectivity index (χ1) is 15.1. The van der Waals surface area contributed by atoms with E-state index in [9.17, 15) is 4.79 Å². The molecule has 0 saturated heterocycles. The Morgan fingerprint density at radius 2 is 1.84 bits per heavy atom. The van der Waals surface area contributed by atoms with Gasteiger partial charge in [-0.2, -0.15) is 0 Å². The molecular formula is C23H21N5O3. The Hall–Kier alpha value is -4.20. The van der Waals surface area contributed by atoms with Crippen molar-refractivity contribution in [1.29, 1.82) is 0 Å². The van der Waals surface area contributed by atoms with E-state index in [2.05, 4.69) is 25.6 Å². The number of aryl methyl sites for hydroxylation is 1. The van der Waals surface area contributed by atoms with Gasteiger partial charge >= 0.3 is 0 Å². The standard InChI is InChI=1S/C23H21N5O3/c1-14-4-7-21(30-3)19(10-14)28-23-26-13-15-11-16(5-6-18(15)27-23)31-17-8-9-25-20(12-17)22(29)24-2/h4-13H,1-3H3,(H,24,29)(H,26,27,28). The number of rotatable bonds is 6. The molecule has 156 valence electrons. The van der Waals surface area contributed by atoms with Crippen LogP contribution >= 0.6 is 0 Å². The quantitative estimate of drug-likeness (QED) is 0.486. The Balaban J connectivity index is 1.56. The lowest BCUT2D eigenvalue weighted by atomic mass is 10.2. The van der Waals surface area contributed by atoms with Gasteiger partial charge in [-0.25, -0.2) is 9.97 Å². The minimum atomic E-state index is -0.275. The summed E-state index contributed by atoms with van der Waals surface area (Å²) in [5.74, 6) is 2.02. The molecule has 8 nitrogen and oxygen atoms in total. The number of carbonyl (C=O) groups is 1. The number of hydrogen-bond acceptors (Lipinski definition) is 7. The molecular weight excluding hydrogens is 394 g/mol. The van der Waals surface area contributed by atoms with E-state index in [0.717, 1.165) is 22.2 Å². The van der Waals surface area contributed by atoms with Crippen molar-refractivity contribution in [1.82, 2.24) is 20.3 Å². The fourth-order valence-corrected chi connectivity index (χ4v) is 3.04. The van der Waals surface area contributed by atoms with Crippen molar-refractivity contribution in [2.75, 3.05) is 19.5 Å². The molecule has 0 aliphatic heterocycles. The lowest BCUT2D eigenvalue weighted by Crippen LogP contribution is -2.18. The Morgan fingerprint density at radius 3 is 2.65 bits per heavy atom. The van der Waals surface area contributed by atoms with Crippen molar-refractivity contribution in [3.8, 4) is 17.2 Å². The maximum absolute atomic E-state index is 11.8. The van der Waals surface area contributed by atoms with Crippen LogP contribution in [0.3, 0.4) is 0 Å². The average Bonchev–Trinajstić information content (AvgIpc) is 2.79. The molecule has 0 saturated carbocycles. The Labute approximate surface area is 179 Å². The van der Waals surface area contributed by atoms with Crippen LogP contribution in [0.25, 0.3) is 10.9 Å². The van der Waals surface area contributed by atoms with E-state index in [0.29, 0.717) is 23.2 Å². The van der Waals surface area contributed by atoms with E-state index < -0.39 is 0 Å². The van der Waals surface area contributed by atoms with E-state index in [-0.39, 0.29) is 11.6 Å². The molecule has 2 heterocycles. The predicted molar refractivity (Wildman–Crippen MR) is 118 cm³/mol. The molecule has 8 heteroatoms. The number of nitrogens with zero attached hydrogens (tertiary/aromatic N) is 3. The molecule has 31 heavy (non-hydrogen) atoms. The van der Waals surface area contributed by atoms with Gasteiger partial charge in [-0.1, -0.05) is 6.07 Å². The summed E-state index contributed by atoms with van der Waals surface area (Å²) < 4.78 is 11.3. The van der Waals surface area contributed by atoms with Crippen molar-refractivity contribution in [3.63, 3.8) is 0 Å². The lowest BCUT2D eigenvalue weighted by molar-refractivity contribution is 0.0958. The van der Waals surface area contributed by atoms with Crippen LogP contribution in [0.2, 0.25) is 0 Å². The number of anilines is 2. The average molecular weight is 415 g/mol. The van der Waals surface area contributed by atoms with E-state index in [1.165, 1.54) is 6.20 Å². The predicted octanol–water partition coefficient (Wildman–Crippen LogP) is 4.24. The normalized spacial score (nSPS) is 10.5. The van der Waals surface area contributed by atoms with Gasteiger partial charge in [0.2, 0.25) is 5.95 Å². The Morgan fingerprint density at radius 1 is 1.00 bits per heavy atom. The highest BCUT2D eigenvalue weighted by molar-refractivity contribution is 5.92. The fraction of sp³-hybridized carbons (Fsp3) is 0.130. The van der Waals surface area contributed by atoms with Gasteiger partial charge in [0.05, 0.1) is 18.3 Å². The van der Waals surface area contributed by atoms with Crippen molar-refractivity contribution < 1.29 is 14.3 Å². The number of hydrogen-bond donors (Lipinski definition) is 2. The van der Waals surface area contributed by atoms with Crippen molar-refractivity contribution in [3.05, 3.63) is 72.2 Å². The zero-order valence-electron chi connectivity index (χ0n) is 17.3. The molecule has 2 aromatic carbocycles. The molecule has 4 aromatic rings. The summed E-state index contributed by atoms with van der Waals surface area (Å²) in [4.78, 5) is 24.8. The molecule has 0 radical (unpaired) electrons. The van der Waals surface area contributed by atoms with Crippen LogP contribution in [0, 0.1) is 6.92 Å². The molecule has 0 bridgehead atoms. The number of amides is 1. The molecule has 0 aliphatic rings. The van der Waals surface area contributed by atoms with Gasteiger partial charge in [0.1, 0.15) is 22.9 Å². The van der Waals surface area contributed by atoms with Crippen LogP contribution in [-0.4, -0.2) is 35.0 Å². The second kappa shape index (κ2) is 8.66. The fourth-order valence-electron chi connectivity index (χ4n) is 3.04. The second-order valence-electron chi connectivity index (χ2n) is 6.80. The monoisotopic (exact) mass is 415 g/mol. The van der Waals surface area contributed by atoms with Gasteiger partial charge < -0.3 is 20.1 Å². The third-order valence-electron chi connectivity index (χ3n) is 4.58. The van der Waals surface area contributed by atoms with Crippen LogP contribution in [0.15, 0.2) is 60.9 Å². The number of aromatic nitrogens is 3. The molecule has 2 aromatic heterocycles. The molecule has 0 aliphatic carbocycles. The number of carbonyl (C=O) groups excluding carboxylic acids is 1. The number of fused-ring (bicyclic) bond motifs is 1. The first-order valence-corrected chi connectivity index (χ1v) is 9.60. The Kier molecular flexibility index (Phi) is 5.61. The molecule has 1 amide bonds. The second-order valence-corrected chi connectivity index (χ2v) is 6.80. The van der Waals surface area contributed by atoms with Gasteiger partial charge in [0, 0.05) is 30.9 Å². The van der Waals surface area contributed by atoms with Gasteiger partial charge in [0.15, 0.2) is 0 Å². The molecule has 2 N–H and O–H groups in total. The largest absolute Gasteiger partial charge is 0.495 e. The number of nitrogens with one attached hydrogen (secondary N) is 2. The topological polar surface area (TPSA) is 98.3 Å². The summed E-state index contributed by atoms with van der Waals surface area (Å²) in [5.41, 5.74) is 2.94. The summed E-state index contributed by atoms with van der Waals surface area (Å²) in [5, 5.41) is 6.57. The molecule has 0 unspecified atom stereocenters. The van der Waals surface area contributed by atoms with E-state index in [1.54, 1.807) is 32.5 Å². The van der Waals surface area contributed by atoms with Gasteiger partial charge in [0.25, 0.3) is 5.91 Å².